The van der Waals surface area contributed by atoms with E-state index in [2.05, 4.69) is 0 Å². The standard InChI is InChI=1S/C16H25NO4/c1-14-5-3-6-15(13-14)21-11-4-7-16(19)17(8-10-18)9-12-20-2/h3,5-6,13,18H,4,7-12H2,1-2H3. The number of aliphatic hydroxyl groups excluding tert-OH is 1. The number of amides is 1. The Hall–Kier alpha value is -1.59. The van der Waals surface area contributed by atoms with Crippen molar-refractivity contribution in [3.05, 3.63) is 29.8 Å². The summed E-state index contributed by atoms with van der Waals surface area (Å²) in [6.45, 7) is 3.82. The van der Waals surface area contributed by atoms with Gasteiger partial charge in [0.1, 0.15) is 5.75 Å². The third-order valence-electron chi connectivity index (χ3n) is 3.08. The number of aryl methyl sites for hydroxylation is 1. The van der Waals surface area contributed by atoms with E-state index in [0.29, 0.717) is 39.1 Å². The third kappa shape index (κ3) is 7.11. The number of carbonyl (C=O) groups excluding carboxylic acids is 1. The molecule has 1 aromatic carbocycles. The molecule has 0 aliphatic rings. The maximum Gasteiger partial charge on any atom is 0.222 e. The Bertz CT molecular complexity index is 422. The van der Waals surface area contributed by atoms with Crippen LogP contribution in [0.4, 0.5) is 0 Å². The fourth-order valence-corrected chi connectivity index (χ4v) is 1.96. The molecule has 1 rings (SSSR count). The van der Waals surface area contributed by atoms with Gasteiger partial charge >= 0.3 is 0 Å². The number of rotatable bonds is 10. The van der Waals surface area contributed by atoms with Crippen LogP contribution in [0.15, 0.2) is 24.3 Å². The minimum atomic E-state index is -0.0325. The van der Waals surface area contributed by atoms with E-state index in [1.807, 2.05) is 31.2 Å². The Morgan fingerprint density at radius 3 is 2.76 bits per heavy atom. The van der Waals surface area contributed by atoms with E-state index in [9.17, 15) is 4.79 Å². The molecule has 5 nitrogen and oxygen atoms in total. The summed E-state index contributed by atoms with van der Waals surface area (Å²) in [6, 6.07) is 7.84. The number of nitrogens with zero attached hydrogens (tertiary/aromatic N) is 1. The van der Waals surface area contributed by atoms with Crippen LogP contribution in [0.5, 0.6) is 5.75 Å². The predicted octanol–water partition coefficient (Wildman–Crippen LogP) is 1.62. The molecule has 0 saturated carbocycles. The summed E-state index contributed by atoms with van der Waals surface area (Å²) in [5.41, 5.74) is 1.15. The molecule has 5 heteroatoms. The zero-order valence-corrected chi connectivity index (χ0v) is 12.9. The van der Waals surface area contributed by atoms with Crippen LogP contribution < -0.4 is 4.74 Å². The zero-order chi connectivity index (χ0) is 15.5. The first-order valence-corrected chi connectivity index (χ1v) is 7.24. The number of hydrogen-bond acceptors (Lipinski definition) is 4. The Morgan fingerprint density at radius 2 is 2.10 bits per heavy atom. The molecule has 0 spiro atoms. The number of ether oxygens (including phenoxy) is 2. The maximum absolute atomic E-state index is 12.0. The molecule has 0 fully saturated rings. The summed E-state index contributed by atoms with van der Waals surface area (Å²) in [4.78, 5) is 13.6. The highest BCUT2D eigenvalue weighted by Crippen LogP contribution is 2.12. The van der Waals surface area contributed by atoms with Gasteiger partial charge in [-0.2, -0.15) is 0 Å². The quantitative estimate of drug-likeness (QED) is 0.666. The summed E-state index contributed by atoms with van der Waals surface area (Å²) in [6.07, 6.45) is 1.07. The molecule has 1 N–H and O–H groups in total. The highest BCUT2D eigenvalue weighted by Gasteiger charge is 2.12. The van der Waals surface area contributed by atoms with Crippen molar-refractivity contribution in [3.8, 4) is 5.75 Å². The molecule has 0 bridgehead atoms. The van der Waals surface area contributed by atoms with Crippen molar-refractivity contribution in [1.82, 2.24) is 4.90 Å². The second kappa shape index (κ2) is 10.2. The van der Waals surface area contributed by atoms with Crippen LogP contribution in [0.3, 0.4) is 0 Å². The van der Waals surface area contributed by atoms with Gasteiger partial charge in [-0.05, 0) is 31.0 Å². The number of hydrogen-bond donors (Lipinski definition) is 1. The smallest absolute Gasteiger partial charge is 0.222 e. The van der Waals surface area contributed by atoms with Crippen molar-refractivity contribution in [1.29, 1.82) is 0 Å². The molecule has 0 radical (unpaired) electrons. The van der Waals surface area contributed by atoms with E-state index in [-0.39, 0.29) is 12.5 Å². The first kappa shape index (κ1) is 17.5. The number of benzene rings is 1. The Labute approximate surface area is 126 Å². The van der Waals surface area contributed by atoms with Crippen LogP contribution in [0.25, 0.3) is 0 Å². The van der Waals surface area contributed by atoms with Crippen molar-refractivity contribution in [2.24, 2.45) is 0 Å². The largest absolute Gasteiger partial charge is 0.494 e. The van der Waals surface area contributed by atoms with Gasteiger partial charge in [0, 0.05) is 26.6 Å². The number of aliphatic hydroxyl groups is 1. The molecule has 0 saturated heterocycles. The average molecular weight is 295 g/mol. The van der Waals surface area contributed by atoms with E-state index >= 15 is 0 Å². The molecule has 1 amide bonds. The van der Waals surface area contributed by atoms with E-state index in [1.54, 1.807) is 12.0 Å². The topological polar surface area (TPSA) is 59.0 Å². The van der Waals surface area contributed by atoms with Crippen LogP contribution in [0.2, 0.25) is 0 Å². The summed E-state index contributed by atoms with van der Waals surface area (Å²) in [7, 11) is 1.59. The molecule has 0 aliphatic carbocycles. The van der Waals surface area contributed by atoms with E-state index in [1.165, 1.54) is 0 Å². The molecular weight excluding hydrogens is 270 g/mol. The van der Waals surface area contributed by atoms with Gasteiger partial charge in [-0.3, -0.25) is 4.79 Å². The van der Waals surface area contributed by atoms with Crippen LogP contribution in [0.1, 0.15) is 18.4 Å². The van der Waals surface area contributed by atoms with Gasteiger partial charge in [0.05, 0.1) is 19.8 Å². The molecule has 0 aromatic heterocycles. The van der Waals surface area contributed by atoms with Gasteiger partial charge < -0.3 is 19.5 Å². The molecule has 0 unspecified atom stereocenters. The van der Waals surface area contributed by atoms with E-state index in [0.717, 1.165) is 11.3 Å². The molecule has 0 aliphatic heterocycles. The van der Waals surface area contributed by atoms with Crippen molar-refractivity contribution >= 4 is 5.91 Å². The van der Waals surface area contributed by atoms with E-state index < -0.39 is 0 Å². The number of carbonyl (C=O) groups is 1. The van der Waals surface area contributed by atoms with Gasteiger partial charge in [0.15, 0.2) is 0 Å². The van der Waals surface area contributed by atoms with Crippen molar-refractivity contribution in [3.63, 3.8) is 0 Å². The molecular formula is C16H25NO4. The molecule has 1 aromatic rings. The normalized spacial score (nSPS) is 10.4. The molecule has 118 valence electrons. The lowest BCUT2D eigenvalue weighted by Crippen LogP contribution is -2.36. The van der Waals surface area contributed by atoms with Crippen molar-refractivity contribution < 1.29 is 19.4 Å². The van der Waals surface area contributed by atoms with Crippen LogP contribution >= 0.6 is 0 Å². The van der Waals surface area contributed by atoms with Crippen LogP contribution in [-0.2, 0) is 9.53 Å². The monoisotopic (exact) mass is 295 g/mol. The zero-order valence-electron chi connectivity index (χ0n) is 12.9. The van der Waals surface area contributed by atoms with Crippen molar-refractivity contribution in [2.75, 3.05) is 40.0 Å². The van der Waals surface area contributed by atoms with Gasteiger partial charge in [0.25, 0.3) is 0 Å². The first-order chi connectivity index (χ1) is 10.2. The Balaban J connectivity index is 2.27. The first-order valence-electron chi connectivity index (χ1n) is 7.24. The molecule has 21 heavy (non-hydrogen) atoms. The van der Waals surface area contributed by atoms with Crippen LogP contribution in [-0.4, -0.2) is 55.9 Å². The van der Waals surface area contributed by atoms with E-state index in [4.69, 9.17) is 14.6 Å². The summed E-state index contributed by atoms with van der Waals surface area (Å²) < 4.78 is 10.6. The Kier molecular flexibility index (Phi) is 8.47. The summed E-state index contributed by atoms with van der Waals surface area (Å²) in [5.74, 6) is 0.850. The lowest BCUT2D eigenvalue weighted by Gasteiger charge is -2.21. The molecule has 0 heterocycles. The van der Waals surface area contributed by atoms with Gasteiger partial charge in [-0.25, -0.2) is 0 Å². The van der Waals surface area contributed by atoms with Gasteiger partial charge in [0.2, 0.25) is 5.91 Å². The lowest BCUT2D eigenvalue weighted by molar-refractivity contribution is -0.132. The summed E-state index contributed by atoms with van der Waals surface area (Å²) in [5, 5.41) is 8.97. The molecule has 0 atom stereocenters. The summed E-state index contributed by atoms with van der Waals surface area (Å²) >= 11 is 0. The van der Waals surface area contributed by atoms with Gasteiger partial charge in [-0.1, -0.05) is 12.1 Å². The predicted molar refractivity (Wildman–Crippen MR) is 81.4 cm³/mol. The average Bonchev–Trinajstić information content (AvgIpc) is 2.48. The van der Waals surface area contributed by atoms with Gasteiger partial charge in [-0.15, -0.1) is 0 Å². The fourth-order valence-electron chi connectivity index (χ4n) is 1.96. The highest BCUT2D eigenvalue weighted by molar-refractivity contribution is 5.76. The fraction of sp³-hybridized carbons (Fsp3) is 0.562. The lowest BCUT2D eigenvalue weighted by atomic mass is 10.2. The second-order valence-electron chi connectivity index (χ2n) is 4.87. The minimum absolute atomic E-state index is 0.0222. The number of methoxy groups -OCH3 is 1. The Morgan fingerprint density at radius 1 is 1.29 bits per heavy atom. The third-order valence-corrected chi connectivity index (χ3v) is 3.08. The minimum Gasteiger partial charge on any atom is -0.494 e. The highest BCUT2D eigenvalue weighted by atomic mass is 16.5. The maximum atomic E-state index is 12.0. The SMILES string of the molecule is COCCN(CCO)C(=O)CCCOc1cccc(C)c1. The van der Waals surface area contributed by atoms with Crippen LogP contribution in [0, 0.1) is 6.92 Å². The second-order valence-corrected chi connectivity index (χ2v) is 4.87. The van der Waals surface area contributed by atoms with Crippen molar-refractivity contribution in [2.45, 2.75) is 19.8 Å².